The Morgan fingerprint density at radius 2 is 1.71 bits per heavy atom. The first kappa shape index (κ1) is 18.5. The molecule has 0 saturated carbocycles. The summed E-state index contributed by atoms with van der Waals surface area (Å²) in [5, 5.41) is 0. The SMILES string of the molecule is Cc1cccc(N2CC(C(=O)N3CCN(c4ccc(F)cc4)CC3)CC2=O)c1. The van der Waals surface area contributed by atoms with Gasteiger partial charge in [0.1, 0.15) is 5.82 Å². The lowest BCUT2D eigenvalue weighted by molar-refractivity contribution is -0.136. The van der Waals surface area contributed by atoms with Gasteiger partial charge < -0.3 is 14.7 Å². The van der Waals surface area contributed by atoms with E-state index in [1.807, 2.05) is 36.1 Å². The number of hydrogen-bond donors (Lipinski definition) is 0. The van der Waals surface area contributed by atoms with Gasteiger partial charge in [-0.15, -0.1) is 0 Å². The normalized spacial score (nSPS) is 20.0. The zero-order valence-electron chi connectivity index (χ0n) is 16.0. The molecule has 4 rings (SSSR count). The van der Waals surface area contributed by atoms with Crippen molar-refractivity contribution >= 4 is 23.2 Å². The van der Waals surface area contributed by atoms with Gasteiger partial charge in [0.25, 0.3) is 0 Å². The summed E-state index contributed by atoms with van der Waals surface area (Å²) >= 11 is 0. The number of carbonyl (C=O) groups is 2. The molecule has 2 fully saturated rings. The number of halogens is 1. The first-order valence-corrected chi connectivity index (χ1v) is 9.67. The summed E-state index contributed by atoms with van der Waals surface area (Å²) in [7, 11) is 0. The van der Waals surface area contributed by atoms with Crippen LogP contribution >= 0.6 is 0 Å². The van der Waals surface area contributed by atoms with Crippen molar-refractivity contribution in [2.24, 2.45) is 5.92 Å². The van der Waals surface area contributed by atoms with Crippen LogP contribution in [-0.4, -0.2) is 49.4 Å². The number of hydrogen-bond acceptors (Lipinski definition) is 3. The van der Waals surface area contributed by atoms with Gasteiger partial charge in [-0.3, -0.25) is 9.59 Å². The molecule has 2 aliphatic heterocycles. The maximum absolute atomic E-state index is 13.1. The quantitative estimate of drug-likeness (QED) is 0.821. The van der Waals surface area contributed by atoms with Gasteiger partial charge in [0.15, 0.2) is 0 Å². The van der Waals surface area contributed by atoms with Crippen molar-refractivity contribution in [1.29, 1.82) is 0 Å². The molecule has 1 atom stereocenters. The summed E-state index contributed by atoms with van der Waals surface area (Å²) < 4.78 is 13.1. The smallest absolute Gasteiger partial charge is 0.228 e. The number of anilines is 2. The number of aryl methyl sites for hydroxylation is 1. The highest BCUT2D eigenvalue weighted by molar-refractivity contribution is 6.00. The van der Waals surface area contributed by atoms with Crippen LogP contribution in [0.4, 0.5) is 15.8 Å². The summed E-state index contributed by atoms with van der Waals surface area (Å²) in [4.78, 5) is 31.2. The first-order valence-electron chi connectivity index (χ1n) is 9.67. The Labute approximate surface area is 164 Å². The minimum Gasteiger partial charge on any atom is -0.368 e. The van der Waals surface area contributed by atoms with Gasteiger partial charge in [-0.25, -0.2) is 4.39 Å². The lowest BCUT2D eigenvalue weighted by Crippen LogP contribution is -2.50. The average Bonchev–Trinajstić information content (AvgIpc) is 3.10. The molecule has 0 spiro atoms. The van der Waals surface area contributed by atoms with Crippen LogP contribution in [0.15, 0.2) is 48.5 Å². The molecule has 2 amide bonds. The van der Waals surface area contributed by atoms with E-state index in [0.717, 1.165) is 16.9 Å². The highest BCUT2D eigenvalue weighted by atomic mass is 19.1. The highest BCUT2D eigenvalue weighted by Crippen LogP contribution is 2.27. The largest absolute Gasteiger partial charge is 0.368 e. The minimum absolute atomic E-state index is 0.00824. The lowest BCUT2D eigenvalue weighted by atomic mass is 10.1. The van der Waals surface area contributed by atoms with Crippen LogP contribution in [0.2, 0.25) is 0 Å². The molecule has 2 saturated heterocycles. The number of benzene rings is 2. The van der Waals surface area contributed by atoms with Crippen LogP contribution in [0, 0.1) is 18.7 Å². The summed E-state index contributed by atoms with van der Waals surface area (Å²) in [5.74, 6) is -0.469. The third-order valence-corrected chi connectivity index (χ3v) is 5.57. The van der Waals surface area contributed by atoms with Gasteiger partial charge in [0.2, 0.25) is 11.8 Å². The summed E-state index contributed by atoms with van der Waals surface area (Å²) in [6.45, 7) is 5.09. The van der Waals surface area contributed by atoms with Crippen molar-refractivity contribution in [2.75, 3.05) is 42.5 Å². The van der Waals surface area contributed by atoms with Gasteiger partial charge in [0, 0.05) is 50.5 Å². The Morgan fingerprint density at radius 3 is 2.39 bits per heavy atom. The zero-order chi connectivity index (χ0) is 19.7. The second-order valence-corrected chi connectivity index (χ2v) is 7.53. The van der Waals surface area contributed by atoms with Gasteiger partial charge in [-0.05, 0) is 48.9 Å². The monoisotopic (exact) mass is 381 g/mol. The molecular formula is C22H24FN3O2. The van der Waals surface area contributed by atoms with Crippen molar-refractivity contribution in [3.05, 3.63) is 59.9 Å². The molecule has 0 bridgehead atoms. The van der Waals surface area contributed by atoms with Gasteiger partial charge >= 0.3 is 0 Å². The van der Waals surface area contributed by atoms with E-state index in [1.165, 1.54) is 12.1 Å². The van der Waals surface area contributed by atoms with Crippen molar-refractivity contribution in [2.45, 2.75) is 13.3 Å². The molecule has 0 N–H and O–H groups in total. The molecule has 0 aromatic heterocycles. The van der Waals surface area contributed by atoms with Crippen molar-refractivity contribution in [3.63, 3.8) is 0 Å². The Kier molecular flexibility index (Phi) is 5.03. The van der Waals surface area contributed by atoms with E-state index in [0.29, 0.717) is 32.7 Å². The number of carbonyl (C=O) groups excluding carboxylic acids is 2. The van der Waals surface area contributed by atoms with Crippen LogP contribution in [-0.2, 0) is 9.59 Å². The molecule has 2 aliphatic rings. The molecule has 28 heavy (non-hydrogen) atoms. The molecule has 2 aromatic carbocycles. The zero-order valence-corrected chi connectivity index (χ0v) is 16.0. The van der Waals surface area contributed by atoms with E-state index >= 15 is 0 Å². The van der Waals surface area contributed by atoms with Crippen molar-refractivity contribution in [3.8, 4) is 0 Å². The van der Waals surface area contributed by atoms with Crippen LogP contribution in [0.25, 0.3) is 0 Å². The molecular weight excluding hydrogens is 357 g/mol. The fourth-order valence-corrected chi connectivity index (χ4v) is 4.01. The Balaban J connectivity index is 1.36. The van der Waals surface area contributed by atoms with E-state index < -0.39 is 0 Å². The summed E-state index contributed by atoms with van der Waals surface area (Å²) in [6.07, 6.45) is 0.269. The molecule has 6 heteroatoms. The number of rotatable bonds is 3. The molecule has 146 valence electrons. The Bertz CT molecular complexity index is 876. The summed E-state index contributed by atoms with van der Waals surface area (Å²) in [6, 6.07) is 14.3. The van der Waals surface area contributed by atoms with Crippen molar-refractivity contribution in [1.82, 2.24) is 4.90 Å². The number of nitrogens with zero attached hydrogens (tertiary/aromatic N) is 3. The van der Waals surface area contributed by atoms with E-state index in [1.54, 1.807) is 17.0 Å². The highest BCUT2D eigenvalue weighted by Gasteiger charge is 2.37. The second kappa shape index (κ2) is 7.62. The molecule has 0 aliphatic carbocycles. The standard InChI is InChI=1S/C22H24FN3O2/c1-16-3-2-4-20(13-16)26-15-17(14-21(26)27)22(28)25-11-9-24(10-12-25)19-7-5-18(23)6-8-19/h2-8,13,17H,9-12,14-15H2,1H3. The van der Waals surface area contributed by atoms with E-state index in [2.05, 4.69) is 4.90 Å². The number of amides is 2. The maximum Gasteiger partial charge on any atom is 0.228 e. The molecule has 1 unspecified atom stereocenters. The van der Waals surface area contributed by atoms with E-state index in [4.69, 9.17) is 0 Å². The van der Waals surface area contributed by atoms with Crippen LogP contribution < -0.4 is 9.80 Å². The lowest BCUT2D eigenvalue weighted by Gasteiger charge is -2.37. The summed E-state index contributed by atoms with van der Waals surface area (Å²) in [5.41, 5.74) is 2.92. The fraction of sp³-hybridized carbons (Fsp3) is 0.364. The van der Waals surface area contributed by atoms with Gasteiger partial charge in [0.05, 0.1) is 5.92 Å². The molecule has 5 nitrogen and oxygen atoms in total. The maximum atomic E-state index is 13.1. The molecule has 0 radical (unpaired) electrons. The number of piperazine rings is 1. The Morgan fingerprint density at radius 1 is 1.00 bits per heavy atom. The third-order valence-electron chi connectivity index (χ3n) is 5.57. The first-order chi connectivity index (χ1) is 13.5. The van der Waals surface area contributed by atoms with E-state index in [-0.39, 0.29) is 30.0 Å². The van der Waals surface area contributed by atoms with Gasteiger partial charge in [-0.2, -0.15) is 0 Å². The average molecular weight is 381 g/mol. The predicted octanol–water partition coefficient (Wildman–Crippen LogP) is 2.84. The van der Waals surface area contributed by atoms with E-state index in [9.17, 15) is 14.0 Å². The minimum atomic E-state index is -0.287. The molecule has 2 aromatic rings. The third kappa shape index (κ3) is 3.72. The second-order valence-electron chi connectivity index (χ2n) is 7.53. The van der Waals surface area contributed by atoms with Crippen LogP contribution in [0.3, 0.4) is 0 Å². The molecule has 2 heterocycles. The van der Waals surface area contributed by atoms with Crippen molar-refractivity contribution < 1.29 is 14.0 Å². The Hall–Kier alpha value is -2.89. The topological polar surface area (TPSA) is 43.9 Å². The van der Waals surface area contributed by atoms with Crippen LogP contribution in [0.1, 0.15) is 12.0 Å². The van der Waals surface area contributed by atoms with Gasteiger partial charge in [-0.1, -0.05) is 12.1 Å². The fourth-order valence-electron chi connectivity index (χ4n) is 4.01. The predicted molar refractivity (Wildman–Crippen MR) is 107 cm³/mol. The van der Waals surface area contributed by atoms with Crippen LogP contribution in [0.5, 0.6) is 0 Å².